The molecule has 0 bridgehead atoms. The number of hydrogen-bond acceptors (Lipinski definition) is 5. The molecule has 2 saturated heterocycles. The van der Waals surface area contributed by atoms with Crippen LogP contribution < -0.4 is 4.74 Å². The number of likely N-dealkylation sites (tertiary alicyclic amines) is 1. The van der Waals surface area contributed by atoms with Gasteiger partial charge in [-0.15, -0.1) is 11.8 Å². The van der Waals surface area contributed by atoms with E-state index in [2.05, 4.69) is 0 Å². The van der Waals surface area contributed by atoms with Gasteiger partial charge in [0.1, 0.15) is 12.4 Å². The maximum Gasteiger partial charge on any atom is 0.255 e. The summed E-state index contributed by atoms with van der Waals surface area (Å²) >= 11 is 1.84. The second kappa shape index (κ2) is 9.75. The molecule has 1 spiro atoms. The van der Waals surface area contributed by atoms with Crippen LogP contribution in [0.5, 0.6) is 5.75 Å². The SMILES string of the molecule is COc1ccc(C(=O)N2CCSC23CCN(C(=O)COCc2ccccc2)CC3)cc1. The highest BCUT2D eigenvalue weighted by Crippen LogP contribution is 2.44. The minimum Gasteiger partial charge on any atom is -0.497 e. The van der Waals surface area contributed by atoms with Gasteiger partial charge in [0.05, 0.1) is 18.6 Å². The second-order valence-corrected chi connectivity index (χ2v) is 9.30. The zero-order chi connectivity index (χ0) is 21.7. The monoisotopic (exact) mass is 440 g/mol. The molecule has 6 nitrogen and oxygen atoms in total. The predicted octanol–water partition coefficient (Wildman–Crippen LogP) is 3.42. The van der Waals surface area contributed by atoms with Crippen LogP contribution in [-0.4, -0.2) is 65.6 Å². The van der Waals surface area contributed by atoms with Gasteiger partial charge in [-0.1, -0.05) is 30.3 Å². The van der Waals surface area contributed by atoms with Crippen LogP contribution in [0, 0.1) is 0 Å². The summed E-state index contributed by atoms with van der Waals surface area (Å²) in [5.41, 5.74) is 1.73. The first-order valence-electron chi connectivity index (χ1n) is 10.6. The fourth-order valence-electron chi connectivity index (χ4n) is 4.23. The first-order valence-corrected chi connectivity index (χ1v) is 11.6. The maximum absolute atomic E-state index is 13.2. The molecule has 4 rings (SSSR count). The van der Waals surface area contributed by atoms with Gasteiger partial charge in [0.2, 0.25) is 5.91 Å². The second-order valence-electron chi connectivity index (χ2n) is 7.84. The van der Waals surface area contributed by atoms with Gasteiger partial charge >= 0.3 is 0 Å². The van der Waals surface area contributed by atoms with Crippen LogP contribution in [0.4, 0.5) is 0 Å². The Morgan fingerprint density at radius 2 is 1.71 bits per heavy atom. The Morgan fingerprint density at radius 3 is 2.39 bits per heavy atom. The number of rotatable bonds is 6. The fourth-order valence-corrected chi connectivity index (χ4v) is 5.68. The van der Waals surface area contributed by atoms with Crippen molar-refractivity contribution >= 4 is 23.6 Å². The van der Waals surface area contributed by atoms with Crippen molar-refractivity contribution in [3.05, 3.63) is 65.7 Å². The molecule has 7 heteroatoms. The van der Waals surface area contributed by atoms with Crippen molar-refractivity contribution in [2.24, 2.45) is 0 Å². The first-order chi connectivity index (χ1) is 15.1. The molecule has 2 heterocycles. The molecule has 0 radical (unpaired) electrons. The number of carbonyl (C=O) groups excluding carboxylic acids is 2. The van der Waals surface area contributed by atoms with Crippen molar-refractivity contribution in [3.63, 3.8) is 0 Å². The topological polar surface area (TPSA) is 59.1 Å². The van der Waals surface area contributed by atoms with Gasteiger partial charge in [0, 0.05) is 31.0 Å². The van der Waals surface area contributed by atoms with E-state index >= 15 is 0 Å². The zero-order valence-corrected chi connectivity index (χ0v) is 18.6. The van der Waals surface area contributed by atoms with Gasteiger partial charge in [0.25, 0.3) is 5.91 Å². The van der Waals surface area contributed by atoms with E-state index in [9.17, 15) is 9.59 Å². The number of ether oxygens (including phenoxy) is 2. The molecular weight excluding hydrogens is 412 g/mol. The molecule has 0 aliphatic carbocycles. The molecule has 0 unspecified atom stereocenters. The van der Waals surface area contributed by atoms with E-state index in [1.165, 1.54) is 0 Å². The van der Waals surface area contributed by atoms with E-state index in [1.807, 2.05) is 76.2 Å². The lowest BCUT2D eigenvalue weighted by molar-refractivity contribution is -0.138. The quantitative estimate of drug-likeness (QED) is 0.689. The smallest absolute Gasteiger partial charge is 0.255 e. The predicted molar refractivity (Wildman–Crippen MR) is 121 cm³/mol. The lowest BCUT2D eigenvalue weighted by Crippen LogP contribution is -2.54. The van der Waals surface area contributed by atoms with E-state index in [0.717, 1.165) is 36.5 Å². The third-order valence-electron chi connectivity index (χ3n) is 5.99. The molecule has 0 atom stereocenters. The van der Waals surface area contributed by atoms with Gasteiger partial charge in [-0.25, -0.2) is 0 Å². The molecule has 0 saturated carbocycles. The van der Waals surface area contributed by atoms with E-state index in [1.54, 1.807) is 7.11 Å². The Morgan fingerprint density at radius 1 is 1.00 bits per heavy atom. The van der Waals surface area contributed by atoms with Crippen LogP contribution in [0.1, 0.15) is 28.8 Å². The molecule has 2 aromatic rings. The molecule has 0 aromatic heterocycles. The highest BCUT2D eigenvalue weighted by atomic mass is 32.2. The number of hydrogen-bond donors (Lipinski definition) is 0. The minimum atomic E-state index is -0.224. The van der Waals surface area contributed by atoms with Crippen molar-refractivity contribution in [1.29, 1.82) is 0 Å². The van der Waals surface area contributed by atoms with Crippen molar-refractivity contribution in [3.8, 4) is 5.75 Å². The summed E-state index contributed by atoms with van der Waals surface area (Å²) in [5, 5.41) is 0. The van der Waals surface area contributed by atoms with E-state index < -0.39 is 0 Å². The summed E-state index contributed by atoms with van der Waals surface area (Å²) in [6.07, 6.45) is 1.56. The molecule has 164 valence electrons. The van der Waals surface area contributed by atoms with Gasteiger partial charge in [0.15, 0.2) is 0 Å². The number of benzene rings is 2. The van der Waals surface area contributed by atoms with Crippen LogP contribution in [0.15, 0.2) is 54.6 Å². The largest absolute Gasteiger partial charge is 0.497 e. The Labute approximate surface area is 187 Å². The lowest BCUT2D eigenvalue weighted by Gasteiger charge is -2.44. The normalized spacial score (nSPS) is 17.7. The van der Waals surface area contributed by atoms with E-state index in [0.29, 0.717) is 25.3 Å². The number of carbonyl (C=O) groups is 2. The van der Waals surface area contributed by atoms with Crippen LogP contribution >= 0.6 is 11.8 Å². The molecule has 2 aliphatic heterocycles. The lowest BCUT2D eigenvalue weighted by atomic mass is 10.0. The summed E-state index contributed by atoms with van der Waals surface area (Å²) in [5.74, 6) is 1.74. The zero-order valence-electron chi connectivity index (χ0n) is 17.8. The Balaban J connectivity index is 1.31. The number of thioether (sulfide) groups is 1. The minimum absolute atomic E-state index is 0.0156. The third-order valence-corrected chi connectivity index (χ3v) is 7.55. The summed E-state index contributed by atoms with van der Waals surface area (Å²) < 4.78 is 10.8. The average molecular weight is 441 g/mol. The summed E-state index contributed by atoms with van der Waals surface area (Å²) in [4.78, 5) is 29.4. The van der Waals surface area contributed by atoms with Crippen molar-refractivity contribution in [2.75, 3.05) is 39.1 Å². The highest BCUT2D eigenvalue weighted by Gasteiger charge is 2.47. The molecule has 2 fully saturated rings. The maximum atomic E-state index is 13.2. The third kappa shape index (κ3) is 4.88. The molecular formula is C24H28N2O4S. The van der Waals surface area contributed by atoms with Crippen LogP contribution in [0.3, 0.4) is 0 Å². The summed E-state index contributed by atoms with van der Waals surface area (Å²) in [6, 6.07) is 17.1. The van der Waals surface area contributed by atoms with Gasteiger partial charge in [-0.3, -0.25) is 9.59 Å². The fraction of sp³-hybridized carbons (Fsp3) is 0.417. The standard InChI is InChI=1S/C24H28N2O4S/c1-29-21-9-7-20(8-10-21)23(28)26-15-16-31-24(26)11-13-25(14-12-24)22(27)18-30-17-19-5-3-2-4-6-19/h2-10H,11-18H2,1H3. The number of piperidine rings is 1. The van der Waals surface area contributed by atoms with E-state index in [4.69, 9.17) is 9.47 Å². The summed E-state index contributed by atoms with van der Waals surface area (Å²) in [6.45, 7) is 2.55. The van der Waals surface area contributed by atoms with Gasteiger partial charge in [-0.2, -0.15) is 0 Å². The van der Waals surface area contributed by atoms with Gasteiger partial charge < -0.3 is 19.3 Å². The molecule has 2 amide bonds. The van der Waals surface area contributed by atoms with Crippen LogP contribution in [0.2, 0.25) is 0 Å². The van der Waals surface area contributed by atoms with Crippen LogP contribution in [0.25, 0.3) is 0 Å². The van der Waals surface area contributed by atoms with Gasteiger partial charge in [-0.05, 0) is 42.7 Å². The van der Waals surface area contributed by atoms with Crippen molar-refractivity contribution < 1.29 is 19.1 Å². The average Bonchev–Trinajstić information content (AvgIpc) is 3.22. The van der Waals surface area contributed by atoms with Crippen LogP contribution in [-0.2, 0) is 16.1 Å². The number of amides is 2. The number of nitrogens with zero attached hydrogens (tertiary/aromatic N) is 2. The Kier molecular flexibility index (Phi) is 6.83. The highest BCUT2D eigenvalue weighted by molar-refractivity contribution is 8.00. The molecule has 31 heavy (non-hydrogen) atoms. The Bertz CT molecular complexity index is 896. The molecule has 0 N–H and O–H groups in total. The number of methoxy groups -OCH3 is 1. The first kappa shape index (κ1) is 21.7. The molecule has 2 aromatic carbocycles. The van der Waals surface area contributed by atoms with Crippen molar-refractivity contribution in [2.45, 2.75) is 24.3 Å². The summed E-state index contributed by atoms with van der Waals surface area (Å²) in [7, 11) is 1.62. The van der Waals surface area contributed by atoms with E-state index in [-0.39, 0.29) is 23.3 Å². The van der Waals surface area contributed by atoms with Crippen molar-refractivity contribution in [1.82, 2.24) is 9.80 Å². The Hall–Kier alpha value is -2.51. The molecule has 2 aliphatic rings.